The Balaban J connectivity index is 2.25. The number of thiophene rings is 1. The molecule has 1 unspecified atom stereocenters. The van der Waals surface area contributed by atoms with Gasteiger partial charge in [-0.05, 0) is 33.5 Å². The molecule has 3 N–H and O–H groups in total. The molecule has 0 saturated carbocycles. The number of nitrogens with two attached hydrogens (primary N) is 1. The topological polar surface area (TPSA) is 63.8 Å². The lowest BCUT2D eigenvalue weighted by Crippen LogP contribution is -2.30. The number of hydrazine groups is 1. The van der Waals surface area contributed by atoms with Gasteiger partial charge in [-0.25, -0.2) is 0 Å². The summed E-state index contributed by atoms with van der Waals surface area (Å²) in [6, 6.07) is 2.18. The van der Waals surface area contributed by atoms with Gasteiger partial charge in [-0.1, -0.05) is 25.3 Å². The summed E-state index contributed by atoms with van der Waals surface area (Å²) < 4.78 is 5.21. The van der Waals surface area contributed by atoms with Gasteiger partial charge >= 0.3 is 0 Å². The minimum absolute atomic E-state index is 0.0204. The zero-order valence-electron chi connectivity index (χ0n) is 11.1. The van der Waals surface area contributed by atoms with Crippen molar-refractivity contribution in [2.75, 3.05) is 0 Å². The van der Waals surface area contributed by atoms with E-state index >= 15 is 0 Å². The van der Waals surface area contributed by atoms with Crippen molar-refractivity contribution in [3.8, 4) is 0 Å². The Morgan fingerprint density at radius 2 is 2.21 bits per heavy atom. The van der Waals surface area contributed by atoms with Crippen LogP contribution in [0.4, 0.5) is 0 Å². The van der Waals surface area contributed by atoms with Gasteiger partial charge in [0.15, 0.2) is 0 Å². The molecule has 19 heavy (non-hydrogen) atoms. The van der Waals surface area contributed by atoms with E-state index < -0.39 is 0 Å². The number of nitrogens with one attached hydrogen (secondary N) is 1. The number of hydrogen-bond acceptors (Lipinski definition) is 6. The molecule has 0 aliphatic rings. The molecule has 2 rings (SSSR count). The van der Waals surface area contributed by atoms with Crippen LogP contribution < -0.4 is 11.3 Å². The lowest BCUT2D eigenvalue weighted by molar-refractivity contribution is 0.517. The molecule has 2 aromatic rings. The quantitative estimate of drug-likeness (QED) is 0.647. The molecule has 0 aromatic carbocycles. The molecule has 0 fully saturated rings. The molecule has 2 heterocycles. The molecule has 7 heteroatoms. The molecule has 0 bridgehead atoms. The van der Waals surface area contributed by atoms with Crippen molar-refractivity contribution in [2.45, 2.75) is 38.6 Å². The molecule has 4 nitrogen and oxygen atoms in total. The summed E-state index contributed by atoms with van der Waals surface area (Å²) in [4.78, 5) is 2.41. The first-order chi connectivity index (χ1) is 8.91. The summed E-state index contributed by atoms with van der Waals surface area (Å²) >= 11 is 6.63. The first kappa shape index (κ1) is 15.1. The molecular formula is C12H17BrN4S2. The Kier molecular flexibility index (Phi) is 4.73. The predicted octanol–water partition coefficient (Wildman–Crippen LogP) is 3.41. The fourth-order valence-corrected chi connectivity index (χ4v) is 4.26. The Bertz CT molecular complexity index is 544. The second-order valence-electron chi connectivity index (χ2n) is 5.39. The van der Waals surface area contributed by atoms with Crippen LogP contribution in [-0.2, 0) is 11.8 Å². The summed E-state index contributed by atoms with van der Waals surface area (Å²) in [5, 5.41) is 6.35. The zero-order chi connectivity index (χ0) is 14.0. The highest BCUT2D eigenvalue weighted by Crippen LogP contribution is 2.33. The van der Waals surface area contributed by atoms with Crippen LogP contribution in [0.2, 0.25) is 0 Å². The van der Waals surface area contributed by atoms with Gasteiger partial charge in [0.05, 0.1) is 16.6 Å². The van der Waals surface area contributed by atoms with E-state index in [-0.39, 0.29) is 11.5 Å². The van der Waals surface area contributed by atoms with Gasteiger partial charge in [-0.15, -0.1) is 16.4 Å². The van der Waals surface area contributed by atoms with Gasteiger partial charge < -0.3 is 0 Å². The van der Waals surface area contributed by atoms with Gasteiger partial charge in [-0.2, -0.15) is 0 Å². The summed E-state index contributed by atoms with van der Waals surface area (Å²) in [6.45, 7) is 6.42. The van der Waals surface area contributed by atoms with Crippen molar-refractivity contribution in [3.05, 3.63) is 31.4 Å². The lowest BCUT2D eigenvalue weighted by Gasteiger charge is -2.21. The second kappa shape index (κ2) is 5.97. The van der Waals surface area contributed by atoms with Crippen molar-refractivity contribution >= 4 is 38.8 Å². The van der Waals surface area contributed by atoms with E-state index in [0.29, 0.717) is 0 Å². The Labute approximate surface area is 129 Å². The largest absolute Gasteiger partial charge is 0.271 e. The van der Waals surface area contributed by atoms with Gasteiger partial charge in [0.1, 0.15) is 0 Å². The highest BCUT2D eigenvalue weighted by atomic mass is 79.9. The first-order valence-corrected chi connectivity index (χ1v) is 8.38. The number of halogens is 1. The van der Waals surface area contributed by atoms with Crippen molar-refractivity contribution in [3.63, 3.8) is 0 Å². The van der Waals surface area contributed by atoms with Crippen LogP contribution >= 0.6 is 38.8 Å². The molecule has 0 radical (unpaired) electrons. The maximum Gasteiger partial charge on any atom is 0.0857 e. The molecule has 2 aromatic heterocycles. The van der Waals surface area contributed by atoms with Gasteiger partial charge in [0.25, 0.3) is 0 Å². The maximum absolute atomic E-state index is 5.72. The third-order valence-electron chi connectivity index (χ3n) is 2.77. The second-order valence-corrected chi connectivity index (χ2v) is 8.09. The Morgan fingerprint density at radius 1 is 1.47 bits per heavy atom. The molecular weight excluding hydrogens is 344 g/mol. The number of aromatic nitrogens is 2. The number of nitrogens with zero attached hydrogens (tertiary/aromatic N) is 2. The highest BCUT2D eigenvalue weighted by Gasteiger charge is 2.27. The fourth-order valence-electron chi connectivity index (χ4n) is 1.84. The van der Waals surface area contributed by atoms with Crippen molar-refractivity contribution < 1.29 is 0 Å². The van der Waals surface area contributed by atoms with Crippen LogP contribution in [0.1, 0.15) is 42.3 Å². The average molecular weight is 361 g/mol. The van der Waals surface area contributed by atoms with Crippen LogP contribution in [0.25, 0.3) is 0 Å². The van der Waals surface area contributed by atoms with Crippen LogP contribution in [0.3, 0.4) is 0 Å². The van der Waals surface area contributed by atoms with Crippen LogP contribution in [0, 0.1) is 0 Å². The molecule has 104 valence electrons. The fraction of sp³-hybridized carbons (Fsp3) is 0.500. The molecule has 0 aliphatic heterocycles. The van der Waals surface area contributed by atoms with Crippen LogP contribution in [0.5, 0.6) is 0 Å². The van der Waals surface area contributed by atoms with E-state index in [2.05, 4.69) is 63.2 Å². The van der Waals surface area contributed by atoms with E-state index in [1.54, 1.807) is 11.3 Å². The first-order valence-electron chi connectivity index (χ1n) is 5.93. The zero-order valence-corrected chi connectivity index (χ0v) is 14.3. The van der Waals surface area contributed by atoms with E-state index in [1.807, 2.05) is 0 Å². The SMILES string of the molecule is CC(C)(C)c1nnsc1C(Cc1cc(Br)cs1)NN. The number of rotatable bonds is 4. The van der Waals surface area contributed by atoms with E-state index in [0.717, 1.165) is 21.5 Å². The monoisotopic (exact) mass is 360 g/mol. The molecule has 0 aliphatic carbocycles. The molecule has 0 saturated heterocycles. The van der Waals surface area contributed by atoms with Crippen molar-refractivity contribution in [1.29, 1.82) is 0 Å². The standard InChI is InChI=1S/C12H17BrN4S2/c1-12(2,3)11-10(19-17-16-11)9(15-14)5-8-4-7(13)6-18-8/h4,6,9,15H,5,14H2,1-3H3. The molecule has 0 spiro atoms. The summed E-state index contributed by atoms with van der Waals surface area (Å²) in [6.07, 6.45) is 0.847. The third-order valence-corrected chi connectivity index (χ3v) is 5.33. The highest BCUT2D eigenvalue weighted by molar-refractivity contribution is 9.10. The van der Waals surface area contributed by atoms with Gasteiger partial charge in [0.2, 0.25) is 0 Å². The number of hydrogen-bond donors (Lipinski definition) is 2. The summed E-state index contributed by atoms with van der Waals surface area (Å²) in [5.41, 5.74) is 3.90. The smallest absolute Gasteiger partial charge is 0.0857 e. The van der Waals surface area contributed by atoms with Crippen molar-refractivity contribution in [2.24, 2.45) is 5.84 Å². The van der Waals surface area contributed by atoms with Crippen LogP contribution in [-0.4, -0.2) is 9.59 Å². The van der Waals surface area contributed by atoms with Crippen LogP contribution in [0.15, 0.2) is 15.9 Å². The third kappa shape index (κ3) is 3.61. The maximum atomic E-state index is 5.72. The average Bonchev–Trinajstić information content (AvgIpc) is 2.93. The molecule has 1 atom stereocenters. The minimum Gasteiger partial charge on any atom is -0.271 e. The predicted molar refractivity (Wildman–Crippen MR) is 84.4 cm³/mol. The van der Waals surface area contributed by atoms with Crippen molar-refractivity contribution in [1.82, 2.24) is 15.0 Å². The lowest BCUT2D eigenvalue weighted by atomic mass is 9.89. The summed E-state index contributed by atoms with van der Waals surface area (Å²) in [5.74, 6) is 5.72. The van der Waals surface area contributed by atoms with E-state index in [1.165, 1.54) is 16.4 Å². The van der Waals surface area contributed by atoms with Gasteiger partial charge in [-0.3, -0.25) is 11.3 Å². The van der Waals surface area contributed by atoms with E-state index in [9.17, 15) is 0 Å². The Morgan fingerprint density at radius 3 is 2.74 bits per heavy atom. The van der Waals surface area contributed by atoms with E-state index in [4.69, 9.17) is 5.84 Å². The molecule has 0 amide bonds. The normalized spacial score (nSPS) is 13.7. The summed E-state index contributed by atoms with van der Waals surface area (Å²) in [7, 11) is 0. The van der Waals surface area contributed by atoms with Gasteiger partial charge in [0, 0.05) is 26.6 Å². The minimum atomic E-state index is -0.0204. The Hall–Kier alpha value is -0.340.